The van der Waals surface area contributed by atoms with Crippen molar-refractivity contribution in [2.45, 2.75) is 25.3 Å². The Morgan fingerprint density at radius 1 is 1.46 bits per heavy atom. The van der Waals surface area contributed by atoms with Crippen LogP contribution in [0.15, 0.2) is 18.2 Å². The second kappa shape index (κ2) is 7.45. The molecule has 1 aromatic carbocycles. The van der Waals surface area contributed by atoms with Crippen LogP contribution in [0.3, 0.4) is 0 Å². The molecule has 24 heavy (non-hydrogen) atoms. The van der Waals surface area contributed by atoms with E-state index < -0.39 is 0 Å². The van der Waals surface area contributed by atoms with Gasteiger partial charge < -0.3 is 16.0 Å². The van der Waals surface area contributed by atoms with Gasteiger partial charge in [-0.3, -0.25) is 0 Å². The number of hydrogen-bond donors (Lipinski definition) is 2. The standard InChI is InChI=1S/C19H26N4S/c1-13-16-8-7-14(20)10-18(16)22-19(17(13)12-24-3)21-11-15-6-4-5-9-23(15)2/h7-8,10,12,15H,1,4-6,9,11,20H2,2-3H3,(H,21,22)/b17-12+. The van der Waals surface area contributed by atoms with Crippen LogP contribution in [0.4, 0.5) is 11.5 Å². The lowest BCUT2D eigenvalue weighted by atomic mass is 10.0. The highest BCUT2D eigenvalue weighted by molar-refractivity contribution is 8.05. The van der Waals surface area contributed by atoms with Gasteiger partial charge in [0.05, 0.1) is 5.52 Å². The molecular formula is C19H26N4S. The van der Waals surface area contributed by atoms with Crippen LogP contribution in [0.2, 0.25) is 0 Å². The summed E-state index contributed by atoms with van der Waals surface area (Å²) in [5, 5.41) is 8.85. The molecule has 3 rings (SSSR count). The first-order valence-corrected chi connectivity index (χ1v) is 9.74. The molecule has 0 amide bonds. The summed E-state index contributed by atoms with van der Waals surface area (Å²) in [4.78, 5) is 7.27. The molecule has 1 unspecified atom stereocenters. The summed E-state index contributed by atoms with van der Waals surface area (Å²) in [6.45, 7) is 6.38. The van der Waals surface area contributed by atoms with Crippen LogP contribution < -0.4 is 21.5 Å². The van der Waals surface area contributed by atoms with Gasteiger partial charge in [0.1, 0.15) is 5.82 Å². The number of hydrogen-bond acceptors (Lipinski definition) is 5. The molecule has 0 radical (unpaired) electrons. The number of nitrogens with one attached hydrogen (secondary N) is 1. The number of likely N-dealkylation sites (tertiary alicyclic amines) is 1. The largest absolute Gasteiger partial charge is 0.399 e. The Labute approximate surface area is 147 Å². The number of anilines is 2. The predicted octanol–water partition coefficient (Wildman–Crippen LogP) is 2.22. The fourth-order valence-electron chi connectivity index (χ4n) is 3.36. The lowest BCUT2D eigenvalue weighted by Crippen LogP contribution is -2.42. The van der Waals surface area contributed by atoms with Gasteiger partial charge in [-0.05, 0) is 55.4 Å². The zero-order valence-corrected chi connectivity index (χ0v) is 15.3. The van der Waals surface area contributed by atoms with E-state index in [1.807, 2.05) is 18.2 Å². The van der Waals surface area contributed by atoms with Crippen molar-refractivity contribution >= 4 is 46.2 Å². The van der Waals surface area contributed by atoms with Gasteiger partial charge in [0.25, 0.3) is 0 Å². The average Bonchev–Trinajstić information content (AvgIpc) is 2.57. The van der Waals surface area contributed by atoms with Gasteiger partial charge in [-0.15, -0.1) is 11.8 Å². The molecule has 1 saturated heterocycles. The number of thioether (sulfide) groups is 1. The minimum atomic E-state index is 0.562. The summed E-state index contributed by atoms with van der Waals surface area (Å²) in [5.41, 5.74) is 7.56. The molecule has 5 heteroatoms. The van der Waals surface area contributed by atoms with Crippen LogP contribution in [-0.2, 0) is 0 Å². The second-order valence-electron chi connectivity index (χ2n) is 6.49. The highest BCUT2D eigenvalue weighted by Crippen LogP contribution is 2.16. The van der Waals surface area contributed by atoms with E-state index in [1.165, 1.54) is 25.8 Å². The lowest BCUT2D eigenvalue weighted by Gasteiger charge is -2.32. The monoisotopic (exact) mass is 342 g/mol. The third-order valence-electron chi connectivity index (χ3n) is 4.82. The van der Waals surface area contributed by atoms with E-state index in [9.17, 15) is 0 Å². The molecule has 1 aliphatic heterocycles. The van der Waals surface area contributed by atoms with Gasteiger partial charge >= 0.3 is 0 Å². The molecule has 2 heterocycles. The summed E-state index contributed by atoms with van der Waals surface area (Å²) in [6.07, 6.45) is 5.91. The molecule has 0 aliphatic carbocycles. The first kappa shape index (κ1) is 17.1. The maximum atomic E-state index is 5.93. The summed E-state index contributed by atoms with van der Waals surface area (Å²) < 4.78 is 0. The van der Waals surface area contributed by atoms with Gasteiger partial charge in [-0.25, -0.2) is 4.98 Å². The minimum Gasteiger partial charge on any atom is -0.399 e. The van der Waals surface area contributed by atoms with Crippen molar-refractivity contribution in [3.8, 4) is 0 Å². The molecule has 0 bridgehead atoms. The second-order valence-corrected chi connectivity index (χ2v) is 7.20. The van der Waals surface area contributed by atoms with Gasteiger partial charge in [0.2, 0.25) is 0 Å². The van der Waals surface area contributed by atoms with Crippen LogP contribution in [0.1, 0.15) is 19.3 Å². The van der Waals surface area contributed by atoms with E-state index >= 15 is 0 Å². The first-order valence-electron chi connectivity index (χ1n) is 8.45. The molecule has 1 aliphatic rings. The van der Waals surface area contributed by atoms with Crippen LogP contribution in [0.5, 0.6) is 0 Å². The Hall–Kier alpha value is -1.72. The average molecular weight is 343 g/mol. The third-order valence-corrected chi connectivity index (χ3v) is 5.29. The smallest absolute Gasteiger partial charge is 0.135 e. The number of piperidine rings is 1. The molecule has 4 nitrogen and oxygen atoms in total. The van der Waals surface area contributed by atoms with E-state index in [-0.39, 0.29) is 0 Å². The van der Waals surface area contributed by atoms with Crippen molar-refractivity contribution in [1.82, 2.24) is 9.88 Å². The molecule has 2 aromatic rings. The minimum absolute atomic E-state index is 0.562. The Morgan fingerprint density at radius 2 is 2.29 bits per heavy atom. The Bertz CT molecular complexity index is 833. The maximum absolute atomic E-state index is 5.93. The number of fused-ring (bicyclic) bond motifs is 1. The lowest BCUT2D eigenvalue weighted by molar-refractivity contribution is 0.194. The highest BCUT2D eigenvalue weighted by atomic mass is 32.2. The Kier molecular flexibility index (Phi) is 5.31. The van der Waals surface area contributed by atoms with Crippen LogP contribution in [0.25, 0.3) is 22.9 Å². The Morgan fingerprint density at radius 3 is 3.04 bits per heavy atom. The maximum Gasteiger partial charge on any atom is 0.135 e. The molecule has 3 N–H and O–H groups in total. The topological polar surface area (TPSA) is 54.2 Å². The molecule has 1 fully saturated rings. The van der Waals surface area contributed by atoms with E-state index in [0.29, 0.717) is 6.04 Å². The zero-order chi connectivity index (χ0) is 17.1. The van der Waals surface area contributed by atoms with Gasteiger partial charge in [0.15, 0.2) is 0 Å². The van der Waals surface area contributed by atoms with E-state index in [1.54, 1.807) is 11.8 Å². The van der Waals surface area contributed by atoms with Crippen molar-refractivity contribution < 1.29 is 0 Å². The van der Waals surface area contributed by atoms with E-state index in [0.717, 1.165) is 39.4 Å². The molecule has 1 aromatic heterocycles. The number of pyridine rings is 1. The van der Waals surface area contributed by atoms with Gasteiger partial charge in [-0.2, -0.15) is 0 Å². The normalized spacial score (nSPS) is 19.8. The quantitative estimate of drug-likeness (QED) is 0.835. The van der Waals surface area contributed by atoms with Crippen molar-refractivity contribution in [3.63, 3.8) is 0 Å². The van der Waals surface area contributed by atoms with Gasteiger partial charge in [0, 0.05) is 28.9 Å². The number of nitrogens with two attached hydrogens (primary N) is 1. The summed E-state index contributed by atoms with van der Waals surface area (Å²) in [5.74, 6) is 0.909. The molecule has 128 valence electrons. The predicted molar refractivity (Wildman–Crippen MR) is 108 cm³/mol. The summed E-state index contributed by atoms with van der Waals surface area (Å²) in [6, 6.07) is 6.40. The Balaban J connectivity index is 1.97. The zero-order valence-electron chi connectivity index (χ0n) is 14.5. The first-order chi connectivity index (χ1) is 11.6. The number of rotatable bonds is 4. The van der Waals surface area contributed by atoms with Crippen molar-refractivity contribution in [1.29, 1.82) is 0 Å². The molecule has 0 saturated carbocycles. The van der Waals surface area contributed by atoms with Crippen LogP contribution in [0, 0.1) is 0 Å². The summed E-state index contributed by atoms with van der Waals surface area (Å²) in [7, 11) is 2.21. The van der Waals surface area contributed by atoms with Crippen molar-refractivity contribution in [3.05, 3.63) is 28.6 Å². The molecule has 1 atom stereocenters. The fraction of sp³-hybridized carbons (Fsp3) is 0.421. The molecular weight excluding hydrogens is 316 g/mol. The summed E-state index contributed by atoms with van der Waals surface area (Å²) >= 11 is 1.68. The molecule has 0 spiro atoms. The number of nitrogens with zero attached hydrogens (tertiary/aromatic N) is 2. The number of benzene rings is 1. The van der Waals surface area contributed by atoms with Crippen molar-refractivity contribution in [2.24, 2.45) is 0 Å². The number of nitrogen functional groups attached to an aromatic ring is 1. The third kappa shape index (κ3) is 3.52. The SMILES string of the molecule is C=c1/c(=C\SC)c(NCC2CCCCN2C)nc2cc(N)ccc12. The van der Waals surface area contributed by atoms with E-state index in [2.05, 4.69) is 35.5 Å². The number of aromatic nitrogens is 1. The fourth-order valence-corrected chi connectivity index (χ4v) is 3.85. The van der Waals surface area contributed by atoms with Gasteiger partial charge in [-0.1, -0.05) is 19.1 Å². The van der Waals surface area contributed by atoms with Crippen molar-refractivity contribution in [2.75, 3.05) is 37.4 Å². The van der Waals surface area contributed by atoms with Crippen LogP contribution >= 0.6 is 11.8 Å². The van der Waals surface area contributed by atoms with Crippen LogP contribution in [-0.4, -0.2) is 42.3 Å². The van der Waals surface area contributed by atoms with E-state index in [4.69, 9.17) is 10.7 Å². The highest BCUT2D eigenvalue weighted by Gasteiger charge is 2.18. The number of likely N-dealkylation sites (N-methyl/N-ethyl adjacent to an activating group) is 1.